The van der Waals surface area contributed by atoms with E-state index in [9.17, 15) is 14.4 Å². The molecule has 0 radical (unpaired) electrons. The van der Waals surface area contributed by atoms with Crippen LogP contribution in [0.1, 0.15) is 37.8 Å². The van der Waals surface area contributed by atoms with Gasteiger partial charge in [0.1, 0.15) is 6.17 Å². The Kier molecular flexibility index (Phi) is 6.16. The third-order valence-electron chi connectivity index (χ3n) is 4.95. The summed E-state index contributed by atoms with van der Waals surface area (Å²) in [5.74, 6) is -0.452. The summed E-state index contributed by atoms with van der Waals surface area (Å²) in [6, 6.07) is 17.7. The lowest BCUT2D eigenvalue weighted by molar-refractivity contribution is -0.126. The van der Waals surface area contributed by atoms with E-state index in [1.54, 1.807) is 6.92 Å². The molecule has 152 valence electrons. The molecule has 0 aliphatic carbocycles. The molecule has 1 heterocycles. The summed E-state index contributed by atoms with van der Waals surface area (Å²) in [6.07, 6.45) is -0.214. The third kappa shape index (κ3) is 3.68. The Hall–Kier alpha value is -3.35. The molecule has 2 N–H and O–H groups in total. The molecule has 3 rings (SSSR count). The first-order chi connectivity index (χ1) is 14.1. The SMILES string of the molecule is CCCC(NC(=O)OCC)N1C(=O)NC(=O)C1(c1ccccc1)c1ccccc1. The highest BCUT2D eigenvalue weighted by Crippen LogP contribution is 2.41. The molecule has 1 unspecified atom stereocenters. The fourth-order valence-electron chi connectivity index (χ4n) is 3.80. The molecule has 29 heavy (non-hydrogen) atoms. The molecular weight excluding hydrogens is 370 g/mol. The summed E-state index contributed by atoms with van der Waals surface area (Å²) >= 11 is 0. The number of carbonyl (C=O) groups excluding carboxylic acids is 3. The second-order valence-corrected chi connectivity index (χ2v) is 6.74. The largest absolute Gasteiger partial charge is 0.450 e. The van der Waals surface area contributed by atoms with Crippen molar-refractivity contribution in [2.45, 2.75) is 38.4 Å². The first-order valence-corrected chi connectivity index (χ1v) is 9.74. The highest BCUT2D eigenvalue weighted by molar-refractivity contribution is 6.09. The third-order valence-corrected chi connectivity index (χ3v) is 4.95. The van der Waals surface area contributed by atoms with E-state index in [0.29, 0.717) is 24.0 Å². The lowest BCUT2D eigenvalue weighted by atomic mass is 9.81. The van der Waals surface area contributed by atoms with Crippen LogP contribution in [-0.2, 0) is 15.1 Å². The number of benzene rings is 2. The monoisotopic (exact) mass is 395 g/mol. The van der Waals surface area contributed by atoms with Crippen LogP contribution in [0.4, 0.5) is 9.59 Å². The lowest BCUT2D eigenvalue weighted by Gasteiger charge is -2.41. The van der Waals surface area contributed by atoms with Crippen molar-refractivity contribution in [1.82, 2.24) is 15.5 Å². The number of ether oxygens (including phenoxy) is 1. The van der Waals surface area contributed by atoms with E-state index in [1.807, 2.05) is 67.6 Å². The number of urea groups is 1. The predicted molar refractivity (Wildman–Crippen MR) is 108 cm³/mol. The van der Waals surface area contributed by atoms with E-state index < -0.39 is 29.7 Å². The standard InChI is InChI=1S/C22H25N3O4/c1-3-11-18(23-21(28)29-4-2)25-20(27)24-19(26)22(25,16-12-7-5-8-13-16)17-14-9-6-10-15-17/h5-10,12-15,18H,3-4,11H2,1-2H3,(H,23,28)(H,24,26,27). The summed E-state index contributed by atoms with van der Waals surface area (Å²) < 4.78 is 5.03. The Balaban J connectivity index is 2.19. The molecule has 2 aromatic carbocycles. The van der Waals surface area contributed by atoms with Crippen molar-refractivity contribution in [2.75, 3.05) is 6.61 Å². The van der Waals surface area contributed by atoms with E-state index >= 15 is 0 Å². The van der Waals surface area contributed by atoms with Crippen LogP contribution in [0.15, 0.2) is 60.7 Å². The molecular formula is C22H25N3O4. The maximum Gasteiger partial charge on any atom is 0.408 e. The van der Waals surface area contributed by atoms with Crippen LogP contribution >= 0.6 is 0 Å². The van der Waals surface area contributed by atoms with E-state index in [-0.39, 0.29) is 6.61 Å². The van der Waals surface area contributed by atoms with Crippen LogP contribution < -0.4 is 10.6 Å². The van der Waals surface area contributed by atoms with Crippen LogP contribution in [0, 0.1) is 0 Å². The van der Waals surface area contributed by atoms with Gasteiger partial charge < -0.3 is 10.1 Å². The molecule has 1 saturated heterocycles. The molecule has 7 nitrogen and oxygen atoms in total. The number of hydrogen-bond donors (Lipinski definition) is 2. The minimum atomic E-state index is -1.40. The molecule has 1 fully saturated rings. The second-order valence-electron chi connectivity index (χ2n) is 6.74. The zero-order chi connectivity index (χ0) is 20.9. The van der Waals surface area contributed by atoms with Crippen LogP contribution in [0.5, 0.6) is 0 Å². The molecule has 7 heteroatoms. The second kappa shape index (κ2) is 8.77. The molecule has 1 aliphatic heterocycles. The summed E-state index contributed by atoms with van der Waals surface area (Å²) in [5.41, 5.74) is -0.124. The Bertz CT molecular complexity index is 831. The van der Waals surface area contributed by atoms with Gasteiger partial charge in [-0.05, 0) is 24.5 Å². The number of alkyl carbamates (subject to hydrolysis) is 1. The Morgan fingerprint density at radius 1 is 1.03 bits per heavy atom. The molecule has 0 spiro atoms. The van der Waals surface area contributed by atoms with Crippen molar-refractivity contribution < 1.29 is 19.1 Å². The number of nitrogens with one attached hydrogen (secondary N) is 2. The van der Waals surface area contributed by atoms with Gasteiger partial charge in [0.2, 0.25) is 0 Å². The number of carbonyl (C=O) groups is 3. The van der Waals surface area contributed by atoms with Gasteiger partial charge in [0.15, 0.2) is 5.54 Å². The zero-order valence-corrected chi connectivity index (χ0v) is 16.6. The van der Waals surface area contributed by atoms with Crippen molar-refractivity contribution in [1.29, 1.82) is 0 Å². The summed E-state index contributed by atoms with van der Waals surface area (Å²) in [6.45, 7) is 3.86. The first-order valence-electron chi connectivity index (χ1n) is 9.74. The van der Waals surface area contributed by atoms with E-state index in [2.05, 4.69) is 10.6 Å². The Labute approximate surface area is 170 Å². The van der Waals surface area contributed by atoms with Gasteiger partial charge in [0.05, 0.1) is 6.61 Å². The average Bonchev–Trinajstić information content (AvgIpc) is 3.00. The van der Waals surface area contributed by atoms with Gasteiger partial charge in [-0.15, -0.1) is 0 Å². The maximum atomic E-state index is 13.3. The molecule has 2 aromatic rings. The normalized spacial score (nSPS) is 16.3. The summed E-state index contributed by atoms with van der Waals surface area (Å²) in [5, 5.41) is 5.21. The van der Waals surface area contributed by atoms with Gasteiger partial charge >= 0.3 is 12.1 Å². The van der Waals surface area contributed by atoms with Gasteiger partial charge in [0.25, 0.3) is 5.91 Å². The highest BCUT2D eigenvalue weighted by atomic mass is 16.5. The number of imide groups is 1. The van der Waals surface area contributed by atoms with E-state index in [0.717, 1.165) is 0 Å². The van der Waals surface area contributed by atoms with Crippen LogP contribution in [0.2, 0.25) is 0 Å². The maximum absolute atomic E-state index is 13.3. The lowest BCUT2D eigenvalue weighted by Crippen LogP contribution is -2.58. The van der Waals surface area contributed by atoms with Crippen molar-refractivity contribution in [3.8, 4) is 0 Å². The highest BCUT2D eigenvalue weighted by Gasteiger charge is 2.57. The van der Waals surface area contributed by atoms with E-state index in [1.165, 1.54) is 4.90 Å². The Morgan fingerprint density at radius 2 is 1.59 bits per heavy atom. The van der Waals surface area contributed by atoms with Crippen molar-refractivity contribution >= 4 is 18.0 Å². The number of hydrogen-bond acceptors (Lipinski definition) is 4. The number of rotatable bonds is 7. The molecule has 4 amide bonds. The zero-order valence-electron chi connectivity index (χ0n) is 16.6. The first kappa shape index (κ1) is 20.4. The molecule has 1 aliphatic rings. The van der Waals surface area contributed by atoms with Gasteiger partial charge in [-0.2, -0.15) is 0 Å². The molecule has 1 atom stereocenters. The van der Waals surface area contributed by atoms with Gasteiger partial charge in [-0.3, -0.25) is 15.0 Å². The van der Waals surface area contributed by atoms with Crippen LogP contribution in [0.25, 0.3) is 0 Å². The smallest absolute Gasteiger partial charge is 0.408 e. The number of amides is 4. The summed E-state index contributed by atoms with van der Waals surface area (Å²) in [4.78, 5) is 39.9. The molecule has 0 saturated carbocycles. The van der Waals surface area contributed by atoms with Crippen molar-refractivity contribution in [3.63, 3.8) is 0 Å². The minimum Gasteiger partial charge on any atom is -0.450 e. The van der Waals surface area contributed by atoms with Crippen LogP contribution in [0.3, 0.4) is 0 Å². The van der Waals surface area contributed by atoms with Gasteiger partial charge in [0, 0.05) is 0 Å². The van der Waals surface area contributed by atoms with E-state index in [4.69, 9.17) is 4.74 Å². The quantitative estimate of drug-likeness (QED) is 0.704. The average molecular weight is 395 g/mol. The summed E-state index contributed by atoms with van der Waals surface area (Å²) in [7, 11) is 0. The number of nitrogens with zero attached hydrogens (tertiary/aromatic N) is 1. The topological polar surface area (TPSA) is 87.7 Å². The van der Waals surface area contributed by atoms with Gasteiger partial charge in [-0.25, -0.2) is 9.59 Å². The predicted octanol–water partition coefficient (Wildman–Crippen LogP) is 3.35. The Morgan fingerprint density at radius 3 is 2.07 bits per heavy atom. The van der Waals surface area contributed by atoms with Crippen molar-refractivity contribution in [3.05, 3.63) is 71.8 Å². The van der Waals surface area contributed by atoms with Crippen molar-refractivity contribution in [2.24, 2.45) is 0 Å². The minimum absolute atomic E-state index is 0.207. The fourth-order valence-corrected chi connectivity index (χ4v) is 3.80. The van der Waals surface area contributed by atoms with Crippen LogP contribution in [-0.4, -0.2) is 35.7 Å². The molecule has 0 aromatic heterocycles. The molecule has 0 bridgehead atoms. The van der Waals surface area contributed by atoms with Gasteiger partial charge in [-0.1, -0.05) is 74.0 Å². The fraction of sp³-hybridized carbons (Fsp3) is 0.318.